The predicted molar refractivity (Wildman–Crippen MR) is 87.3 cm³/mol. The Kier molecular flexibility index (Phi) is 6.77. The lowest BCUT2D eigenvalue weighted by molar-refractivity contribution is -0.150. The Bertz CT molecular complexity index is 357. The molecule has 0 aromatic carbocycles. The second-order valence-corrected chi connectivity index (χ2v) is 7.96. The standard InChI is InChI=1S/C14H26INO4/c1-12(2,3)14(10(17)18,8-7-9-15)16-11(19)20-13(4,5)6/h7-9H2,1-6H3,(H,16,19)(H,17,18)/t14-/m1/s1. The maximum atomic E-state index is 12.0. The highest BCUT2D eigenvalue weighted by Crippen LogP contribution is 2.35. The monoisotopic (exact) mass is 399 g/mol. The molecule has 0 spiro atoms. The third kappa shape index (κ3) is 5.46. The Morgan fingerprint density at radius 2 is 1.65 bits per heavy atom. The van der Waals surface area contributed by atoms with E-state index in [0.717, 1.165) is 4.43 Å². The summed E-state index contributed by atoms with van der Waals surface area (Å²) in [5, 5.41) is 12.3. The quantitative estimate of drug-likeness (QED) is 0.547. The Morgan fingerprint density at radius 3 is 1.95 bits per heavy atom. The van der Waals surface area contributed by atoms with E-state index in [2.05, 4.69) is 27.9 Å². The lowest BCUT2D eigenvalue weighted by Crippen LogP contribution is -2.63. The van der Waals surface area contributed by atoms with Crippen LogP contribution >= 0.6 is 22.6 Å². The first kappa shape index (κ1) is 19.5. The molecule has 1 atom stereocenters. The van der Waals surface area contributed by atoms with Gasteiger partial charge in [0.15, 0.2) is 0 Å². The zero-order chi connectivity index (χ0) is 16.2. The van der Waals surface area contributed by atoms with Gasteiger partial charge in [-0.1, -0.05) is 43.4 Å². The largest absolute Gasteiger partial charge is 0.479 e. The van der Waals surface area contributed by atoms with Gasteiger partial charge in [0.25, 0.3) is 0 Å². The van der Waals surface area contributed by atoms with Crippen LogP contribution in [0, 0.1) is 5.41 Å². The molecule has 0 aromatic heterocycles. The highest BCUT2D eigenvalue weighted by Gasteiger charge is 2.50. The van der Waals surface area contributed by atoms with Crippen molar-refractivity contribution in [2.24, 2.45) is 5.41 Å². The first-order chi connectivity index (χ1) is 8.85. The molecule has 0 saturated heterocycles. The Balaban J connectivity index is 5.31. The second kappa shape index (κ2) is 6.95. The molecule has 20 heavy (non-hydrogen) atoms. The van der Waals surface area contributed by atoms with Gasteiger partial charge in [-0.05, 0) is 43.5 Å². The number of carbonyl (C=O) groups is 2. The van der Waals surface area contributed by atoms with Gasteiger partial charge in [0.05, 0.1) is 0 Å². The number of alkyl halides is 1. The SMILES string of the molecule is CC(C)(C)OC(=O)N[C@](CCCI)(C(=O)O)C(C)(C)C. The van der Waals surface area contributed by atoms with Gasteiger partial charge in [-0.15, -0.1) is 0 Å². The number of nitrogens with one attached hydrogen (secondary N) is 1. The molecule has 1 amide bonds. The first-order valence-corrected chi connectivity index (χ1v) is 8.19. The van der Waals surface area contributed by atoms with E-state index >= 15 is 0 Å². The third-order valence-corrected chi connectivity index (χ3v) is 3.81. The molecule has 0 aliphatic heterocycles. The van der Waals surface area contributed by atoms with Crippen molar-refractivity contribution in [1.29, 1.82) is 0 Å². The van der Waals surface area contributed by atoms with Crippen LogP contribution in [0.15, 0.2) is 0 Å². The molecule has 0 aliphatic carbocycles. The molecule has 5 nitrogen and oxygen atoms in total. The number of rotatable bonds is 5. The zero-order valence-electron chi connectivity index (χ0n) is 13.2. The van der Waals surface area contributed by atoms with Crippen LogP contribution in [-0.2, 0) is 9.53 Å². The molecule has 0 radical (unpaired) electrons. The van der Waals surface area contributed by atoms with E-state index in [0.29, 0.717) is 12.8 Å². The summed E-state index contributed by atoms with van der Waals surface area (Å²) < 4.78 is 6.04. The van der Waals surface area contributed by atoms with Gasteiger partial charge in [-0.2, -0.15) is 0 Å². The van der Waals surface area contributed by atoms with E-state index in [1.54, 1.807) is 20.8 Å². The van der Waals surface area contributed by atoms with Crippen LogP contribution in [0.1, 0.15) is 54.4 Å². The Hall–Kier alpha value is -0.530. The van der Waals surface area contributed by atoms with Gasteiger partial charge in [0.2, 0.25) is 0 Å². The minimum absolute atomic E-state index is 0.369. The summed E-state index contributed by atoms with van der Waals surface area (Å²) in [6, 6.07) is 0. The van der Waals surface area contributed by atoms with E-state index in [9.17, 15) is 14.7 Å². The van der Waals surface area contributed by atoms with Crippen molar-refractivity contribution >= 4 is 34.7 Å². The van der Waals surface area contributed by atoms with E-state index in [1.807, 2.05) is 20.8 Å². The molecular formula is C14H26INO4. The van der Waals surface area contributed by atoms with E-state index in [4.69, 9.17) is 4.74 Å². The number of amides is 1. The lowest BCUT2D eigenvalue weighted by Gasteiger charge is -2.42. The zero-order valence-corrected chi connectivity index (χ0v) is 15.3. The van der Waals surface area contributed by atoms with Gasteiger partial charge < -0.3 is 15.2 Å². The smallest absolute Gasteiger partial charge is 0.408 e. The normalized spacial score (nSPS) is 15.3. The Labute approximate surface area is 135 Å². The summed E-state index contributed by atoms with van der Waals surface area (Å²) in [6.45, 7) is 10.7. The molecule has 0 saturated carbocycles. The number of alkyl carbamates (subject to hydrolysis) is 1. The van der Waals surface area contributed by atoms with Crippen LogP contribution < -0.4 is 5.32 Å². The van der Waals surface area contributed by atoms with Gasteiger partial charge in [0.1, 0.15) is 11.1 Å². The minimum Gasteiger partial charge on any atom is -0.479 e. The topological polar surface area (TPSA) is 75.6 Å². The van der Waals surface area contributed by atoms with Crippen molar-refractivity contribution in [2.75, 3.05) is 4.43 Å². The number of hydrogen-bond acceptors (Lipinski definition) is 3. The average molecular weight is 399 g/mol. The van der Waals surface area contributed by atoms with Crippen LogP contribution in [0.25, 0.3) is 0 Å². The molecule has 0 heterocycles. The molecule has 118 valence electrons. The van der Waals surface area contributed by atoms with Gasteiger partial charge >= 0.3 is 12.1 Å². The molecule has 0 unspecified atom stereocenters. The fourth-order valence-corrected chi connectivity index (χ4v) is 2.30. The third-order valence-electron chi connectivity index (χ3n) is 3.05. The predicted octanol–water partition coefficient (Wildman–Crippen LogP) is 3.60. The van der Waals surface area contributed by atoms with Gasteiger partial charge in [-0.3, -0.25) is 0 Å². The van der Waals surface area contributed by atoms with Crippen molar-refractivity contribution in [3.05, 3.63) is 0 Å². The van der Waals surface area contributed by atoms with Crippen LogP contribution in [0.4, 0.5) is 4.79 Å². The molecule has 0 aliphatic rings. The number of carboxylic acid groups (broad SMARTS) is 1. The van der Waals surface area contributed by atoms with Crippen molar-refractivity contribution in [3.63, 3.8) is 0 Å². The van der Waals surface area contributed by atoms with Gasteiger partial charge in [0, 0.05) is 0 Å². The van der Waals surface area contributed by atoms with Gasteiger partial charge in [-0.25, -0.2) is 9.59 Å². The van der Waals surface area contributed by atoms with E-state index < -0.39 is 28.6 Å². The molecule has 0 rings (SSSR count). The summed E-state index contributed by atoms with van der Waals surface area (Å²) in [5.41, 5.74) is -2.61. The maximum absolute atomic E-state index is 12.0. The number of aliphatic carboxylic acids is 1. The first-order valence-electron chi connectivity index (χ1n) is 6.66. The lowest BCUT2D eigenvalue weighted by atomic mass is 9.71. The van der Waals surface area contributed by atoms with E-state index in [-0.39, 0.29) is 0 Å². The second-order valence-electron chi connectivity index (χ2n) is 6.88. The van der Waals surface area contributed by atoms with Crippen LogP contribution in [-0.4, -0.2) is 32.7 Å². The average Bonchev–Trinajstić information content (AvgIpc) is 2.19. The highest BCUT2D eigenvalue weighted by atomic mass is 127. The number of hydrogen-bond donors (Lipinski definition) is 2. The summed E-state index contributed by atoms with van der Waals surface area (Å²) in [7, 11) is 0. The van der Waals surface area contributed by atoms with E-state index in [1.165, 1.54) is 0 Å². The highest BCUT2D eigenvalue weighted by molar-refractivity contribution is 14.1. The molecule has 0 bridgehead atoms. The molecule has 0 fully saturated rings. The van der Waals surface area contributed by atoms with Crippen molar-refractivity contribution < 1.29 is 19.4 Å². The fourth-order valence-electron chi connectivity index (χ4n) is 1.92. The maximum Gasteiger partial charge on any atom is 0.408 e. The summed E-state index contributed by atoms with van der Waals surface area (Å²) in [6.07, 6.45) is 0.386. The summed E-state index contributed by atoms with van der Waals surface area (Å²) in [4.78, 5) is 23.8. The molecular weight excluding hydrogens is 373 g/mol. The molecule has 2 N–H and O–H groups in total. The van der Waals surface area contributed by atoms with Crippen LogP contribution in [0.5, 0.6) is 0 Å². The molecule has 6 heteroatoms. The Morgan fingerprint density at radius 1 is 1.15 bits per heavy atom. The minimum atomic E-state index is -1.33. The molecule has 0 aromatic rings. The number of halogens is 1. The number of ether oxygens (including phenoxy) is 1. The summed E-state index contributed by atoms with van der Waals surface area (Å²) in [5.74, 6) is -1.03. The van der Waals surface area contributed by atoms with Crippen LogP contribution in [0.3, 0.4) is 0 Å². The fraction of sp³-hybridized carbons (Fsp3) is 0.857. The van der Waals surface area contributed by atoms with Crippen LogP contribution in [0.2, 0.25) is 0 Å². The van der Waals surface area contributed by atoms with Crippen molar-refractivity contribution in [2.45, 2.75) is 65.5 Å². The van der Waals surface area contributed by atoms with Crippen molar-refractivity contribution in [3.8, 4) is 0 Å². The number of carboxylic acids is 1. The summed E-state index contributed by atoms with van der Waals surface area (Å²) >= 11 is 2.20. The van der Waals surface area contributed by atoms with Crippen molar-refractivity contribution in [1.82, 2.24) is 5.32 Å². The number of carbonyl (C=O) groups excluding carboxylic acids is 1.